The molecule has 2 aromatic rings. The molecule has 2 amide bonds. The van der Waals surface area contributed by atoms with Crippen LogP contribution in [0.1, 0.15) is 30.9 Å². The Labute approximate surface area is 194 Å². The first-order valence-electron chi connectivity index (χ1n) is 11.2. The van der Waals surface area contributed by atoms with E-state index in [0.29, 0.717) is 31.3 Å². The van der Waals surface area contributed by atoms with Crippen molar-refractivity contribution in [3.8, 4) is 11.5 Å². The second-order valence-corrected chi connectivity index (χ2v) is 8.62. The molecule has 0 saturated carbocycles. The van der Waals surface area contributed by atoms with E-state index >= 15 is 0 Å². The lowest BCUT2D eigenvalue weighted by atomic mass is 10.0. The summed E-state index contributed by atoms with van der Waals surface area (Å²) in [5.74, 6) is -0.191. The Morgan fingerprint density at radius 3 is 2.65 bits per heavy atom. The van der Waals surface area contributed by atoms with Crippen molar-refractivity contribution in [1.82, 2.24) is 4.90 Å². The van der Waals surface area contributed by atoms with Crippen LogP contribution in [-0.2, 0) is 9.59 Å². The summed E-state index contributed by atoms with van der Waals surface area (Å²) >= 11 is 0. The smallest absolute Gasteiger partial charge is 0.409 e. The number of fused-ring (bicyclic) bond motifs is 2. The third-order valence-electron chi connectivity index (χ3n) is 6.43. The first-order valence-corrected chi connectivity index (χ1v) is 11.2. The van der Waals surface area contributed by atoms with Gasteiger partial charge in [-0.3, -0.25) is 19.4 Å². The van der Waals surface area contributed by atoms with Crippen LogP contribution in [0.4, 0.5) is 24.5 Å². The van der Waals surface area contributed by atoms with Gasteiger partial charge in [-0.1, -0.05) is 18.2 Å². The van der Waals surface area contributed by atoms with Crippen molar-refractivity contribution in [2.45, 2.75) is 37.5 Å². The Bertz CT molecular complexity index is 1110. The lowest BCUT2D eigenvalue weighted by Crippen LogP contribution is -2.52. The quantitative estimate of drug-likeness (QED) is 0.729. The highest BCUT2D eigenvalue weighted by Gasteiger charge is 2.49. The molecule has 3 aliphatic rings. The fourth-order valence-electron chi connectivity index (χ4n) is 4.91. The number of benzene rings is 2. The zero-order chi connectivity index (χ0) is 23.9. The third kappa shape index (κ3) is 4.29. The molecule has 180 valence electrons. The highest BCUT2D eigenvalue weighted by molar-refractivity contribution is 6.05. The summed E-state index contributed by atoms with van der Waals surface area (Å²) in [7, 11) is 0. The Hall–Kier alpha value is -3.27. The molecule has 34 heavy (non-hydrogen) atoms. The number of anilines is 2. The molecule has 1 N–H and O–H groups in total. The average molecular weight is 475 g/mol. The van der Waals surface area contributed by atoms with Crippen LogP contribution in [0.3, 0.4) is 0 Å². The summed E-state index contributed by atoms with van der Waals surface area (Å²) in [5.41, 5.74) is 1.17. The number of nitrogens with one attached hydrogen (secondary N) is 1. The summed E-state index contributed by atoms with van der Waals surface area (Å²) in [6.07, 6.45) is -4.03. The molecule has 0 aliphatic carbocycles. The number of hydrogen-bond acceptors (Lipinski definition) is 5. The van der Waals surface area contributed by atoms with Crippen molar-refractivity contribution in [2.24, 2.45) is 0 Å². The van der Waals surface area contributed by atoms with Gasteiger partial charge < -0.3 is 14.8 Å². The number of likely N-dealkylation sites (tertiary alicyclic amines) is 1. The molecule has 10 heteroatoms. The molecular formula is C24H24F3N3O4. The van der Waals surface area contributed by atoms with Crippen LogP contribution in [-0.4, -0.2) is 55.2 Å². The summed E-state index contributed by atoms with van der Waals surface area (Å²) in [6.45, 7) is 1.30. The molecule has 0 spiro atoms. The summed E-state index contributed by atoms with van der Waals surface area (Å²) in [5, 5.41) is 2.49. The zero-order valence-electron chi connectivity index (χ0n) is 18.3. The van der Waals surface area contributed by atoms with E-state index < -0.39 is 30.5 Å². The SMILES string of the molecule is O=C1C[C@@H](C(F)(F)F)N(C(=O)CN2CCC[C@@H]2c2ccc3c(c2)OCCO3)c2ccccc2N1. The van der Waals surface area contributed by atoms with Crippen molar-refractivity contribution < 1.29 is 32.2 Å². The monoisotopic (exact) mass is 475 g/mol. The fourth-order valence-corrected chi connectivity index (χ4v) is 4.91. The van der Waals surface area contributed by atoms with E-state index in [1.54, 1.807) is 12.1 Å². The van der Waals surface area contributed by atoms with Crippen LogP contribution in [0.25, 0.3) is 0 Å². The summed E-state index contributed by atoms with van der Waals surface area (Å²) < 4.78 is 53.2. The molecule has 0 aromatic heterocycles. The molecule has 0 radical (unpaired) electrons. The standard InChI is InChI=1S/C24H24F3N3O4/c25-24(26,27)21-13-22(31)28-16-4-1-2-5-18(16)30(21)23(32)14-29-9-3-6-17(29)15-7-8-19-20(12-15)34-11-10-33-19/h1-2,4-5,7-8,12,17,21H,3,6,9-11,13-14H2,(H,28,31)/t17-,21+/m1/s1. The van der Waals surface area contributed by atoms with Gasteiger partial charge >= 0.3 is 6.18 Å². The maximum atomic E-state index is 14.0. The van der Waals surface area contributed by atoms with E-state index in [9.17, 15) is 22.8 Å². The molecule has 5 rings (SSSR count). The molecule has 2 atom stereocenters. The van der Waals surface area contributed by atoms with Gasteiger partial charge in [0, 0.05) is 6.04 Å². The van der Waals surface area contributed by atoms with Crippen molar-refractivity contribution in [3.63, 3.8) is 0 Å². The largest absolute Gasteiger partial charge is 0.486 e. The molecule has 2 aromatic carbocycles. The Balaban J connectivity index is 1.43. The van der Waals surface area contributed by atoms with Gasteiger partial charge in [-0.2, -0.15) is 13.2 Å². The fraction of sp³-hybridized carbons (Fsp3) is 0.417. The number of ether oxygens (including phenoxy) is 2. The molecule has 3 aliphatic heterocycles. The van der Waals surface area contributed by atoms with Crippen LogP contribution in [0.15, 0.2) is 42.5 Å². The van der Waals surface area contributed by atoms with Gasteiger partial charge in [0.15, 0.2) is 11.5 Å². The summed E-state index contributed by atoms with van der Waals surface area (Å²) in [4.78, 5) is 28.3. The van der Waals surface area contributed by atoms with Gasteiger partial charge in [-0.25, -0.2) is 0 Å². The highest BCUT2D eigenvalue weighted by Crippen LogP contribution is 2.40. The van der Waals surface area contributed by atoms with Crippen LogP contribution in [0, 0.1) is 0 Å². The van der Waals surface area contributed by atoms with Gasteiger partial charge in [-0.15, -0.1) is 0 Å². The van der Waals surface area contributed by atoms with Gasteiger partial charge in [0.25, 0.3) is 0 Å². The minimum atomic E-state index is -4.76. The summed E-state index contributed by atoms with van der Waals surface area (Å²) in [6, 6.07) is 9.33. The molecule has 1 fully saturated rings. The number of rotatable bonds is 3. The van der Waals surface area contributed by atoms with Crippen molar-refractivity contribution in [2.75, 3.05) is 36.5 Å². The normalized spacial score (nSPS) is 22.7. The first-order chi connectivity index (χ1) is 16.3. The Kier molecular flexibility index (Phi) is 5.85. The predicted molar refractivity (Wildman–Crippen MR) is 118 cm³/mol. The van der Waals surface area contributed by atoms with E-state index in [2.05, 4.69) is 5.32 Å². The second kappa shape index (κ2) is 8.83. The number of carbonyl (C=O) groups excluding carboxylic acids is 2. The molecule has 3 heterocycles. The lowest BCUT2D eigenvalue weighted by Gasteiger charge is -2.34. The van der Waals surface area contributed by atoms with Crippen molar-refractivity contribution in [1.29, 1.82) is 0 Å². The molecule has 7 nitrogen and oxygen atoms in total. The number of alkyl halides is 3. The van der Waals surface area contributed by atoms with Crippen LogP contribution in [0.5, 0.6) is 11.5 Å². The zero-order valence-corrected chi connectivity index (χ0v) is 18.3. The molecule has 0 bridgehead atoms. The van der Waals surface area contributed by atoms with E-state index in [1.807, 2.05) is 23.1 Å². The highest BCUT2D eigenvalue weighted by atomic mass is 19.4. The third-order valence-corrected chi connectivity index (χ3v) is 6.43. The number of hydrogen-bond donors (Lipinski definition) is 1. The average Bonchev–Trinajstić information content (AvgIpc) is 3.20. The maximum Gasteiger partial charge on any atom is 0.409 e. The minimum absolute atomic E-state index is 0.0516. The second-order valence-electron chi connectivity index (χ2n) is 8.62. The first kappa shape index (κ1) is 22.5. The van der Waals surface area contributed by atoms with Gasteiger partial charge in [0.1, 0.15) is 19.3 Å². The van der Waals surface area contributed by atoms with E-state index in [0.717, 1.165) is 23.3 Å². The Morgan fingerprint density at radius 1 is 1.09 bits per heavy atom. The Morgan fingerprint density at radius 2 is 1.85 bits per heavy atom. The van der Waals surface area contributed by atoms with Gasteiger partial charge in [0.2, 0.25) is 11.8 Å². The topological polar surface area (TPSA) is 71.1 Å². The number of para-hydroxylation sites is 2. The van der Waals surface area contributed by atoms with Crippen molar-refractivity contribution >= 4 is 23.2 Å². The number of nitrogens with zero attached hydrogens (tertiary/aromatic N) is 2. The van der Waals surface area contributed by atoms with Crippen LogP contribution < -0.4 is 19.7 Å². The van der Waals surface area contributed by atoms with Gasteiger partial charge in [-0.05, 0) is 49.2 Å². The minimum Gasteiger partial charge on any atom is -0.486 e. The lowest BCUT2D eigenvalue weighted by molar-refractivity contribution is -0.158. The molecule has 1 saturated heterocycles. The number of carbonyl (C=O) groups is 2. The number of halogens is 3. The van der Waals surface area contributed by atoms with Gasteiger partial charge in [0.05, 0.1) is 24.3 Å². The van der Waals surface area contributed by atoms with Crippen molar-refractivity contribution in [3.05, 3.63) is 48.0 Å². The number of amides is 2. The van der Waals surface area contributed by atoms with Crippen LogP contribution >= 0.6 is 0 Å². The maximum absolute atomic E-state index is 14.0. The molecule has 0 unspecified atom stereocenters. The van der Waals surface area contributed by atoms with Crippen LogP contribution in [0.2, 0.25) is 0 Å². The van der Waals surface area contributed by atoms with E-state index in [1.165, 1.54) is 12.1 Å². The van der Waals surface area contributed by atoms with E-state index in [4.69, 9.17) is 9.47 Å². The van der Waals surface area contributed by atoms with E-state index in [-0.39, 0.29) is 24.0 Å². The predicted octanol–water partition coefficient (Wildman–Crippen LogP) is 3.90. The molecular weight excluding hydrogens is 451 g/mol.